The number of aryl methyl sites for hydroxylation is 1. The van der Waals surface area contributed by atoms with E-state index < -0.39 is 17.0 Å². The summed E-state index contributed by atoms with van der Waals surface area (Å²) in [5.41, 5.74) is 0.813. The van der Waals surface area contributed by atoms with Gasteiger partial charge in [0.1, 0.15) is 5.60 Å². The molecule has 5 rings (SSSR count). The average molecular weight is 343 g/mol. The zero-order chi connectivity index (χ0) is 17.9. The smallest absolute Gasteiger partial charge is 0.312 e. The Kier molecular flexibility index (Phi) is 3.52. The van der Waals surface area contributed by atoms with E-state index in [1.54, 1.807) is 0 Å². The second-order valence-electron chi connectivity index (χ2n) is 8.82. The van der Waals surface area contributed by atoms with Crippen LogP contribution in [0.4, 0.5) is 0 Å². The molecule has 1 amide bonds. The van der Waals surface area contributed by atoms with Crippen molar-refractivity contribution in [2.45, 2.75) is 57.6 Å². The van der Waals surface area contributed by atoms with Gasteiger partial charge >= 0.3 is 5.97 Å². The van der Waals surface area contributed by atoms with Crippen molar-refractivity contribution in [3.63, 3.8) is 0 Å². The van der Waals surface area contributed by atoms with E-state index in [9.17, 15) is 14.7 Å². The zero-order valence-corrected chi connectivity index (χ0v) is 14.8. The minimum absolute atomic E-state index is 0.0559. The number of rotatable bonds is 3. The molecule has 0 spiro atoms. The molecule has 0 aromatic heterocycles. The first-order valence-corrected chi connectivity index (χ1v) is 9.02. The number of hydrogen-bond acceptors (Lipinski definition) is 3. The predicted octanol–water partition coefficient (Wildman–Crippen LogP) is 2.84. The van der Waals surface area contributed by atoms with Gasteiger partial charge in [-0.2, -0.15) is 0 Å². The minimum Gasteiger partial charge on any atom is -0.481 e. The van der Waals surface area contributed by atoms with E-state index in [2.05, 4.69) is 31.3 Å². The van der Waals surface area contributed by atoms with Gasteiger partial charge in [0.05, 0.1) is 18.1 Å². The predicted molar refractivity (Wildman–Crippen MR) is 92.0 cm³/mol. The summed E-state index contributed by atoms with van der Waals surface area (Å²) in [6.07, 6.45) is 3.55. The zero-order valence-electron chi connectivity index (χ0n) is 14.8. The standard InChI is InChI=1S/C20H25NO4/c1-18(2)8-7-13-5-3-4-6-14(13)15(9-18)21-16(22)20-10-19(11-20,12-25-20)17(23)24/h3-6,15H,7-12H2,1-2H3,(H,21,22)(H,23,24). The Hall–Kier alpha value is -1.88. The summed E-state index contributed by atoms with van der Waals surface area (Å²) in [5.74, 6) is -1.01. The summed E-state index contributed by atoms with van der Waals surface area (Å²) in [6.45, 7) is 4.62. The topological polar surface area (TPSA) is 75.6 Å². The molecular weight excluding hydrogens is 318 g/mol. The molecule has 2 aliphatic carbocycles. The van der Waals surface area contributed by atoms with Crippen LogP contribution in [0.2, 0.25) is 0 Å². The van der Waals surface area contributed by atoms with Crippen molar-refractivity contribution in [1.82, 2.24) is 5.32 Å². The molecule has 5 nitrogen and oxygen atoms in total. The third-order valence-corrected chi connectivity index (χ3v) is 6.30. The second kappa shape index (κ2) is 5.31. The SMILES string of the molecule is CC1(C)CCc2ccccc2C(NC(=O)C23CC(C(=O)O)(CO2)C3)C1. The first-order valence-electron chi connectivity index (χ1n) is 9.02. The molecule has 3 fully saturated rings. The van der Waals surface area contributed by atoms with Gasteiger partial charge in [0.25, 0.3) is 5.91 Å². The van der Waals surface area contributed by atoms with Gasteiger partial charge in [-0.05, 0) is 35.8 Å². The second-order valence-corrected chi connectivity index (χ2v) is 8.82. The van der Waals surface area contributed by atoms with Crippen LogP contribution >= 0.6 is 0 Å². The van der Waals surface area contributed by atoms with Crippen molar-refractivity contribution in [1.29, 1.82) is 0 Å². The maximum Gasteiger partial charge on any atom is 0.312 e. The molecule has 5 heteroatoms. The molecule has 2 N–H and O–H groups in total. The highest BCUT2D eigenvalue weighted by Crippen LogP contribution is 2.58. The van der Waals surface area contributed by atoms with E-state index in [-0.39, 0.29) is 24.0 Å². The highest BCUT2D eigenvalue weighted by molar-refractivity contribution is 5.92. The molecule has 4 aliphatic rings. The fraction of sp³-hybridized carbons (Fsp3) is 0.600. The van der Waals surface area contributed by atoms with Crippen LogP contribution in [0.1, 0.15) is 56.7 Å². The van der Waals surface area contributed by atoms with E-state index in [1.807, 2.05) is 12.1 Å². The maximum absolute atomic E-state index is 12.9. The number of carboxylic acid groups (broad SMARTS) is 1. The van der Waals surface area contributed by atoms with Crippen LogP contribution in [0.25, 0.3) is 0 Å². The number of fused-ring (bicyclic) bond motifs is 2. The maximum atomic E-state index is 12.9. The first kappa shape index (κ1) is 16.6. The minimum atomic E-state index is -0.941. The molecule has 2 heterocycles. The highest BCUT2D eigenvalue weighted by Gasteiger charge is 2.70. The molecule has 2 bridgehead atoms. The summed E-state index contributed by atoms with van der Waals surface area (Å²) in [7, 11) is 0. The Balaban J connectivity index is 1.56. The normalized spacial score (nSPS) is 35.2. The molecule has 1 aromatic rings. The molecule has 2 aliphatic heterocycles. The molecule has 134 valence electrons. The van der Waals surface area contributed by atoms with Crippen LogP contribution in [0.3, 0.4) is 0 Å². The van der Waals surface area contributed by atoms with Crippen LogP contribution in [0, 0.1) is 10.8 Å². The van der Waals surface area contributed by atoms with Gasteiger partial charge in [0.2, 0.25) is 0 Å². The lowest BCUT2D eigenvalue weighted by Gasteiger charge is -2.41. The Labute approximate surface area is 147 Å². The van der Waals surface area contributed by atoms with Crippen LogP contribution in [0.5, 0.6) is 0 Å². The van der Waals surface area contributed by atoms with Crippen molar-refractivity contribution in [2.24, 2.45) is 10.8 Å². The molecule has 1 saturated carbocycles. The number of carbonyl (C=O) groups excluding carboxylic acids is 1. The Morgan fingerprint density at radius 2 is 1.96 bits per heavy atom. The van der Waals surface area contributed by atoms with Crippen molar-refractivity contribution in [2.75, 3.05) is 6.61 Å². The Morgan fingerprint density at radius 3 is 2.64 bits per heavy atom. The Morgan fingerprint density at radius 1 is 1.24 bits per heavy atom. The van der Waals surface area contributed by atoms with Crippen LogP contribution in [0.15, 0.2) is 24.3 Å². The van der Waals surface area contributed by atoms with Crippen molar-refractivity contribution in [3.8, 4) is 0 Å². The lowest BCUT2D eigenvalue weighted by molar-refractivity contribution is -0.159. The number of aliphatic carboxylic acids is 1. The average Bonchev–Trinajstić information content (AvgIpc) is 3.07. The van der Waals surface area contributed by atoms with Crippen LogP contribution in [-0.4, -0.2) is 29.2 Å². The molecular formula is C20H25NO4. The number of amides is 1. The first-order chi connectivity index (χ1) is 11.8. The van der Waals surface area contributed by atoms with Crippen LogP contribution < -0.4 is 5.32 Å². The van der Waals surface area contributed by atoms with Crippen molar-refractivity contribution < 1.29 is 19.4 Å². The number of hydrogen-bond donors (Lipinski definition) is 2. The summed E-state index contributed by atoms with van der Waals surface area (Å²) < 4.78 is 5.66. The monoisotopic (exact) mass is 343 g/mol. The molecule has 0 radical (unpaired) electrons. The van der Waals surface area contributed by atoms with Gasteiger partial charge in [-0.3, -0.25) is 9.59 Å². The number of nitrogens with one attached hydrogen (secondary N) is 1. The number of benzene rings is 1. The largest absolute Gasteiger partial charge is 0.481 e. The fourth-order valence-electron chi connectivity index (χ4n) is 4.72. The molecule has 1 atom stereocenters. The molecule has 1 unspecified atom stereocenters. The van der Waals surface area contributed by atoms with E-state index in [0.717, 1.165) is 19.3 Å². The number of ether oxygens (including phenoxy) is 1. The lowest BCUT2D eigenvalue weighted by atomic mass is 9.62. The summed E-state index contributed by atoms with van der Waals surface area (Å²) >= 11 is 0. The quantitative estimate of drug-likeness (QED) is 0.828. The van der Waals surface area contributed by atoms with E-state index >= 15 is 0 Å². The summed E-state index contributed by atoms with van der Waals surface area (Å²) in [6, 6.07) is 8.23. The van der Waals surface area contributed by atoms with Gasteiger partial charge in [0.15, 0.2) is 0 Å². The molecule has 2 saturated heterocycles. The van der Waals surface area contributed by atoms with Gasteiger partial charge < -0.3 is 15.2 Å². The van der Waals surface area contributed by atoms with Crippen LogP contribution in [-0.2, 0) is 20.7 Å². The summed E-state index contributed by atoms with van der Waals surface area (Å²) in [5, 5.41) is 12.5. The molecule has 25 heavy (non-hydrogen) atoms. The van der Waals surface area contributed by atoms with Crippen molar-refractivity contribution >= 4 is 11.9 Å². The van der Waals surface area contributed by atoms with Gasteiger partial charge in [-0.25, -0.2) is 0 Å². The number of carbonyl (C=O) groups is 2. The summed E-state index contributed by atoms with van der Waals surface area (Å²) in [4.78, 5) is 24.3. The number of carboxylic acids is 1. The fourth-order valence-corrected chi connectivity index (χ4v) is 4.72. The Bertz CT molecular complexity index is 733. The van der Waals surface area contributed by atoms with Gasteiger partial charge in [-0.15, -0.1) is 0 Å². The van der Waals surface area contributed by atoms with Gasteiger partial charge in [0, 0.05) is 12.8 Å². The third-order valence-electron chi connectivity index (χ3n) is 6.30. The van der Waals surface area contributed by atoms with E-state index in [0.29, 0.717) is 12.8 Å². The van der Waals surface area contributed by atoms with E-state index in [4.69, 9.17) is 4.74 Å². The van der Waals surface area contributed by atoms with Gasteiger partial charge in [-0.1, -0.05) is 38.1 Å². The third kappa shape index (κ3) is 2.56. The van der Waals surface area contributed by atoms with E-state index in [1.165, 1.54) is 11.1 Å². The lowest BCUT2D eigenvalue weighted by Crippen LogP contribution is -2.57. The van der Waals surface area contributed by atoms with Crippen molar-refractivity contribution in [3.05, 3.63) is 35.4 Å². The highest BCUT2D eigenvalue weighted by atomic mass is 16.5. The molecule has 1 aromatic carbocycles.